The highest BCUT2D eigenvalue weighted by molar-refractivity contribution is 7.99. The number of thioether (sulfide) groups is 1. The lowest BCUT2D eigenvalue weighted by Gasteiger charge is -2.12. The van der Waals surface area contributed by atoms with Crippen LogP contribution in [-0.2, 0) is 10.0 Å². The van der Waals surface area contributed by atoms with Gasteiger partial charge in [-0.1, -0.05) is 18.7 Å². The molecule has 0 fully saturated rings. The number of nitrogens with one attached hydrogen (secondary N) is 3. The first kappa shape index (κ1) is 19.2. The van der Waals surface area contributed by atoms with Crippen LogP contribution in [0.4, 0.5) is 0 Å². The highest BCUT2D eigenvalue weighted by Crippen LogP contribution is 2.24. The van der Waals surface area contributed by atoms with E-state index in [1.165, 1.54) is 43.4 Å². The predicted molar refractivity (Wildman–Crippen MR) is 93.3 cm³/mol. The third-order valence-corrected chi connectivity index (χ3v) is 5.51. The number of hydrogen-bond donors (Lipinski definition) is 3. The standard InChI is InChI=1S/C14H19N5O4S2/c1-3-18-25(21,22)12-8-10(4-5-11(12)23-2)13(20)15-6-7-24-14-16-9-17-19-14/h4-5,8-9,18H,3,6-7H2,1-2H3,(H,15,20)(H,16,17,19). The minimum atomic E-state index is -3.74. The van der Waals surface area contributed by atoms with Gasteiger partial charge in [-0.3, -0.25) is 9.89 Å². The second kappa shape index (κ2) is 8.83. The molecule has 0 saturated heterocycles. The van der Waals surface area contributed by atoms with Crippen LogP contribution < -0.4 is 14.8 Å². The van der Waals surface area contributed by atoms with Crippen LogP contribution in [0.3, 0.4) is 0 Å². The average molecular weight is 385 g/mol. The van der Waals surface area contributed by atoms with Crippen molar-refractivity contribution in [1.29, 1.82) is 0 Å². The van der Waals surface area contributed by atoms with Gasteiger partial charge < -0.3 is 10.1 Å². The molecule has 0 radical (unpaired) electrons. The summed E-state index contributed by atoms with van der Waals surface area (Å²) >= 11 is 1.41. The second-order valence-corrected chi connectivity index (χ2v) is 7.58. The molecule has 1 amide bonds. The number of amides is 1. The zero-order valence-electron chi connectivity index (χ0n) is 13.8. The normalized spacial score (nSPS) is 11.3. The van der Waals surface area contributed by atoms with Crippen LogP contribution in [-0.4, -0.2) is 55.5 Å². The smallest absolute Gasteiger partial charge is 0.251 e. The van der Waals surface area contributed by atoms with Gasteiger partial charge in [0.25, 0.3) is 5.91 Å². The van der Waals surface area contributed by atoms with E-state index in [1.54, 1.807) is 6.92 Å². The fraction of sp³-hybridized carbons (Fsp3) is 0.357. The first-order chi connectivity index (χ1) is 12.0. The van der Waals surface area contributed by atoms with E-state index in [0.29, 0.717) is 17.5 Å². The maximum absolute atomic E-state index is 12.2. The summed E-state index contributed by atoms with van der Waals surface area (Å²) in [5, 5.41) is 9.83. The molecule has 2 rings (SSSR count). The van der Waals surface area contributed by atoms with Gasteiger partial charge in [0.2, 0.25) is 10.0 Å². The lowest BCUT2D eigenvalue weighted by atomic mass is 10.2. The van der Waals surface area contributed by atoms with Crippen molar-refractivity contribution in [3.05, 3.63) is 30.1 Å². The quantitative estimate of drug-likeness (QED) is 0.427. The largest absolute Gasteiger partial charge is 0.495 e. The Bertz CT molecular complexity index is 809. The number of aromatic nitrogens is 3. The molecule has 25 heavy (non-hydrogen) atoms. The number of hydrogen-bond acceptors (Lipinski definition) is 7. The molecular weight excluding hydrogens is 366 g/mol. The van der Waals surface area contributed by atoms with Gasteiger partial charge in [0.15, 0.2) is 5.16 Å². The Morgan fingerprint density at radius 1 is 1.40 bits per heavy atom. The summed E-state index contributed by atoms with van der Waals surface area (Å²) in [7, 11) is -2.37. The van der Waals surface area contributed by atoms with E-state index < -0.39 is 10.0 Å². The van der Waals surface area contributed by atoms with Crippen LogP contribution >= 0.6 is 11.8 Å². The van der Waals surface area contributed by atoms with Gasteiger partial charge in [-0.25, -0.2) is 18.1 Å². The summed E-state index contributed by atoms with van der Waals surface area (Å²) in [6.45, 7) is 2.30. The van der Waals surface area contributed by atoms with E-state index in [9.17, 15) is 13.2 Å². The SMILES string of the molecule is CCNS(=O)(=O)c1cc(C(=O)NCCSc2ncn[nH]2)ccc1OC. The summed E-state index contributed by atoms with van der Waals surface area (Å²) in [5.74, 6) is 0.409. The highest BCUT2D eigenvalue weighted by Gasteiger charge is 2.20. The fourth-order valence-corrected chi connectivity index (χ4v) is 3.84. The number of sulfonamides is 1. The van der Waals surface area contributed by atoms with E-state index in [1.807, 2.05) is 0 Å². The molecule has 0 aliphatic heterocycles. The Morgan fingerprint density at radius 3 is 2.84 bits per heavy atom. The molecule has 0 unspecified atom stereocenters. The van der Waals surface area contributed by atoms with Crippen LogP contribution in [0.15, 0.2) is 34.6 Å². The molecule has 11 heteroatoms. The molecule has 1 aromatic heterocycles. The Kier molecular flexibility index (Phi) is 6.79. The molecule has 0 spiro atoms. The first-order valence-electron chi connectivity index (χ1n) is 7.42. The Hall–Kier alpha value is -2.11. The van der Waals surface area contributed by atoms with E-state index in [-0.39, 0.29) is 28.7 Å². The Balaban J connectivity index is 2.04. The molecule has 1 aromatic carbocycles. The molecule has 2 aromatic rings. The third kappa shape index (κ3) is 5.18. The first-order valence-corrected chi connectivity index (χ1v) is 9.89. The van der Waals surface area contributed by atoms with Crippen molar-refractivity contribution in [3.63, 3.8) is 0 Å². The number of rotatable bonds is 9. The number of H-pyrrole nitrogens is 1. The van der Waals surface area contributed by atoms with Crippen LogP contribution in [0, 0.1) is 0 Å². The van der Waals surface area contributed by atoms with Gasteiger partial charge in [0.1, 0.15) is 17.0 Å². The zero-order chi connectivity index (χ0) is 18.3. The molecular formula is C14H19N5O4S2. The summed E-state index contributed by atoms with van der Waals surface area (Å²) < 4.78 is 31.9. The number of ether oxygens (including phenoxy) is 1. The maximum Gasteiger partial charge on any atom is 0.251 e. The minimum Gasteiger partial charge on any atom is -0.495 e. The van der Waals surface area contributed by atoms with Crippen molar-refractivity contribution in [2.75, 3.05) is 26.0 Å². The van der Waals surface area contributed by atoms with Crippen LogP contribution in [0.2, 0.25) is 0 Å². The molecule has 0 saturated carbocycles. The Labute approximate surface area is 150 Å². The van der Waals surface area contributed by atoms with E-state index in [2.05, 4.69) is 25.2 Å². The van der Waals surface area contributed by atoms with Crippen molar-refractivity contribution in [1.82, 2.24) is 25.2 Å². The summed E-state index contributed by atoms with van der Waals surface area (Å²) in [4.78, 5) is 16.1. The number of aromatic amines is 1. The maximum atomic E-state index is 12.2. The fourth-order valence-electron chi connectivity index (χ4n) is 1.97. The van der Waals surface area contributed by atoms with E-state index >= 15 is 0 Å². The summed E-state index contributed by atoms with van der Waals surface area (Å²) in [6.07, 6.45) is 1.41. The lowest BCUT2D eigenvalue weighted by Crippen LogP contribution is -2.27. The molecule has 136 valence electrons. The number of methoxy groups -OCH3 is 1. The van der Waals surface area contributed by atoms with Gasteiger partial charge in [0, 0.05) is 24.4 Å². The highest BCUT2D eigenvalue weighted by atomic mass is 32.2. The monoisotopic (exact) mass is 385 g/mol. The van der Waals surface area contributed by atoms with Crippen molar-refractivity contribution in [2.45, 2.75) is 17.0 Å². The third-order valence-electron chi connectivity index (χ3n) is 3.07. The number of carbonyl (C=O) groups excluding carboxylic acids is 1. The molecule has 0 aliphatic rings. The van der Waals surface area contributed by atoms with Crippen LogP contribution in [0.1, 0.15) is 17.3 Å². The van der Waals surface area contributed by atoms with Crippen molar-refractivity contribution in [3.8, 4) is 5.75 Å². The second-order valence-electron chi connectivity index (χ2n) is 4.76. The van der Waals surface area contributed by atoms with Crippen LogP contribution in [0.25, 0.3) is 0 Å². The van der Waals surface area contributed by atoms with Crippen molar-refractivity contribution >= 4 is 27.7 Å². The molecule has 0 bridgehead atoms. The predicted octanol–water partition coefficient (Wildman–Crippen LogP) is 0.634. The molecule has 1 heterocycles. The number of nitrogens with zero attached hydrogens (tertiary/aromatic N) is 2. The molecule has 3 N–H and O–H groups in total. The zero-order valence-corrected chi connectivity index (χ0v) is 15.4. The molecule has 9 nitrogen and oxygen atoms in total. The Morgan fingerprint density at radius 2 is 2.20 bits per heavy atom. The molecule has 0 aliphatic carbocycles. The minimum absolute atomic E-state index is 0.0689. The van der Waals surface area contributed by atoms with E-state index in [4.69, 9.17) is 4.74 Å². The van der Waals surface area contributed by atoms with Crippen LogP contribution in [0.5, 0.6) is 5.75 Å². The number of benzene rings is 1. The van der Waals surface area contributed by atoms with Gasteiger partial charge in [-0.05, 0) is 18.2 Å². The summed E-state index contributed by atoms with van der Waals surface area (Å²) in [6, 6.07) is 4.28. The average Bonchev–Trinajstić information content (AvgIpc) is 3.11. The molecule has 0 atom stereocenters. The number of carbonyl (C=O) groups is 1. The van der Waals surface area contributed by atoms with Crippen molar-refractivity contribution in [2.24, 2.45) is 0 Å². The van der Waals surface area contributed by atoms with Gasteiger partial charge in [0.05, 0.1) is 7.11 Å². The van der Waals surface area contributed by atoms with E-state index in [0.717, 1.165) is 0 Å². The lowest BCUT2D eigenvalue weighted by molar-refractivity contribution is 0.0956. The van der Waals surface area contributed by atoms with Gasteiger partial charge in [-0.2, -0.15) is 5.10 Å². The van der Waals surface area contributed by atoms with Crippen molar-refractivity contribution < 1.29 is 17.9 Å². The van der Waals surface area contributed by atoms with Gasteiger partial charge in [-0.15, -0.1) is 0 Å². The van der Waals surface area contributed by atoms with Gasteiger partial charge >= 0.3 is 0 Å². The topological polar surface area (TPSA) is 126 Å². The summed E-state index contributed by atoms with van der Waals surface area (Å²) in [5.41, 5.74) is 0.238.